The average Bonchev–Trinajstić information content (AvgIpc) is 2.65. The first-order chi connectivity index (χ1) is 5.15. The fourth-order valence-corrected chi connectivity index (χ4v) is 1.27. The predicted molar refractivity (Wildman–Crippen MR) is 39.4 cm³/mol. The fourth-order valence-electron chi connectivity index (χ4n) is 1.27. The van der Waals surface area contributed by atoms with Gasteiger partial charge in [-0.15, -0.1) is 0 Å². The Kier molecular flexibility index (Phi) is 2.34. The van der Waals surface area contributed by atoms with Gasteiger partial charge in [0.15, 0.2) is 0 Å². The molecule has 1 aliphatic rings. The molecular weight excluding hydrogens is 146 g/mol. The summed E-state index contributed by atoms with van der Waals surface area (Å²) < 4.78 is 0. The summed E-state index contributed by atoms with van der Waals surface area (Å²) >= 11 is 0. The van der Waals surface area contributed by atoms with Gasteiger partial charge in [-0.3, -0.25) is 0 Å². The third-order valence-corrected chi connectivity index (χ3v) is 2.06. The zero-order valence-electron chi connectivity index (χ0n) is 6.45. The van der Waals surface area contributed by atoms with Gasteiger partial charge in [0.2, 0.25) is 0 Å². The van der Waals surface area contributed by atoms with Crippen molar-refractivity contribution in [1.29, 1.82) is 0 Å². The molecule has 1 rings (SSSR count). The van der Waals surface area contributed by atoms with Gasteiger partial charge in [-0.05, 0) is 12.8 Å². The van der Waals surface area contributed by atoms with Crippen LogP contribution in [-0.4, -0.2) is 28.5 Å². The molecule has 3 N–H and O–H groups in total. The first kappa shape index (κ1) is 8.33. The second-order valence-electron chi connectivity index (χ2n) is 2.93. The molecule has 0 saturated heterocycles. The Morgan fingerprint density at radius 2 is 2.45 bits per heavy atom. The van der Waals surface area contributed by atoms with Gasteiger partial charge >= 0.3 is 6.09 Å². The van der Waals surface area contributed by atoms with E-state index in [9.17, 15) is 9.90 Å². The second kappa shape index (κ2) is 3.09. The third kappa shape index (κ3) is 2.08. The molecule has 0 aromatic rings. The van der Waals surface area contributed by atoms with Gasteiger partial charge in [-0.25, -0.2) is 4.79 Å². The minimum Gasteiger partial charge on any atom is -0.465 e. The van der Waals surface area contributed by atoms with E-state index in [0.717, 1.165) is 6.42 Å². The maximum Gasteiger partial charge on any atom is 0.404 e. The molecule has 0 spiro atoms. The highest BCUT2D eigenvalue weighted by atomic mass is 16.4. The standard InChI is InChI=1S/C7H13NO3/c1-2-6(9)4-3-5(4)8-7(10)11/h4-6,8-9H,2-3H2,1H3,(H,10,11). The number of carboxylic acid groups (broad SMARTS) is 1. The summed E-state index contributed by atoms with van der Waals surface area (Å²) in [5.41, 5.74) is 0. The van der Waals surface area contributed by atoms with Crippen LogP contribution in [-0.2, 0) is 0 Å². The highest BCUT2D eigenvalue weighted by Crippen LogP contribution is 2.34. The van der Waals surface area contributed by atoms with Gasteiger partial charge in [0.05, 0.1) is 6.10 Å². The van der Waals surface area contributed by atoms with Gasteiger partial charge < -0.3 is 15.5 Å². The Labute approximate surface area is 65.2 Å². The number of nitrogens with one attached hydrogen (secondary N) is 1. The van der Waals surface area contributed by atoms with E-state index >= 15 is 0 Å². The molecule has 3 atom stereocenters. The largest absolute Gasteiger partial charge is 0.465 e. The first-order valence-corrected chi connectivity index (χ1v) is 3.82. The molecule has 0 aromatic heterocycles. The van der Waals surface area contributed by atoms with Crippen LogP contribution >= 0.6 is 0 Å². The molecule has 4 nitrogen and oxygen atoms in total. The fraction of sp³-hybridized carbons (Fsp3) is 0.857. The van der Waals surface area contributed by atoms with E-state index in [1.165, 1.54) is 0 Å². The maximum absolute atomic E-state index is 10.1. The van der Waals surface area contributed by atoms with Gasteiger partial charge in [0.1, 0.15) is 0 Å². The Balaban J connectivity index is 2.20. The molecule has 1 amide bonds. The Hall–Kier alpha value is -0.770. The smallest absolute Gasteiger partial charge is 0.404 e. The molecule has 0 bridgehead atoms. The van der Waals surface area contributed by atoms with E-state index in [0.29, 0.717) is 6.42 Å². The Morgan fingerprint density at radius 3 is 2.91 bits per heavy atom. The van der Waals surface area contributed by atoms with Crippen LogP contribution in [0.15, 0.2) is 0 Å². The minimum atomic E-state index is -0.999. The molecule has 0 aromatic carbocycles. The van der Waals surface area contributed by atoms with Crippen LogP contribution in [0.25, 0.3) is 0 Å². The van der Waals surface area contributed by atoms with Gasteiger partial charge in [-0.2, -0.15) is 0 Å². The molecule has 0 heterocycles. The van der Waals surface area contributed by atoms with E-state index in [1.54, 1.807) is 0 Å². The molecule has 1 aliphatic carbocycles. The van der Waals surface area contributed by atoms with E-state index in [-0.39, 0.29) is 18.1 Å². The highest BCUT2D eigenvalue weighted by Gasteiger charge is 2.42. The summed E-state index contributed by atoms with van der Waals surface area (Å²) in [5, 5.41) is 19.9. The van der Waals surface area contributed by atoms with Crippen LogP contribution in [0.1, 0.15) is 19.8 Å². The van der Waals surface area contributed by atoms with Crippen molar-refractivity contribution < 1.29 is 15.0 Å². The van der Waals surface area contributed by atoms with Crippen LogP contribution in [0.4, 0.5) is 4.79 Å². The molecule has 1 saturated carbocycles. The normalized spacial score (nSPS) is 31.1. The van der Waals surface area contributed by atoms with Crippen molar-refractivity contribution in [2.75, 3.05) is 0 Å². The lowest BCUT2D eigenvalue weighted by atomic mass is 10.2. The van der Waals surface area contributed by atoms with Crippen molar-refractivity contribution in [1.82, 2.24) is 5.32 Å². The van der Waals surface area contributed by atoms with Crippen molar-refractivity contribution in [2.45, 2.75) is 31.9 Å². The summed E-state index contributed by atoms with van der Waals surface area (Å²) in [7, 11) is 0. The number of aliphatic hydroxyl groups is 1. The third-order valence-electron chi connectivity index (χ3n) is 2.06. The molecule has 4 heteroatoms. The SMILES string of the molecule is CCC(O)C1CC1NC(=O)O. The molecular formula is C7H13NO3. The number of aliphatic hydroxyl groups excluding tert-OH is 1. The van der Waals surface area contributed by atoms with Crippen LogP contribution in [0.3, 0.4) is 0 Å². The maximum atomic E-state index is 10.1. The number of amides is 1. The molecule has 0 aliphatic heterocycles. The Morgan fingerprint density at radius 1 is 1.82 bits per heavy atom. The van der Waals surface area contributed by atoms with E-state index in [2.05, 4.69) is 5.32 Å². The summed E-state index contributed by atoms with van der Waals surface area (Å²) in [4.78, 5) is 10.1. The Bertz CT molecular complexity index is 160. The molecule has 64 valence electrons. The van der Waals surface area contributed by atoms with E-state index in [1.807, 2.05) is 6.92 Å². The van der Waals surface area contributed by atoms with Gasteiger partial charge in [0.25, 0.3) is 0 Å². The highest BCUT2D eigenvalue weighted by molar-refractivity contribution is 5.65. The summed E-state index contributed by atoms with van der Waals surface area (Å²) in [6.07, 6.45) is 0.136. The summed E-state index contributed by atoms with van der Waals surface area (Å²) in [5.74, 6) is 0.149. The molecule has 3 unspecified atom stereocenters. The number of rotatable bonds is 3. The van der Waals surface area contributed by atoms with Crippen LogP contribution in [0.5, 0.6) is 0 Å². The lowest BCUT2D eigenvalue weighted by Crippen LogP contribution is -2.27. The van der Waals surface area contributed by atoms with Crippen molar-refractivity contribution >= 4 is 6.09 Å². The predicted octanol–water partition coefficient (Wildman–Crippen LogP) is 0.413. The van der Waals surface area contributed by atoms with Crippen LogP contribution in [0, 0.1) is 5.92 Å². The first-order valence-electron chi connectivity index (χ1n) is 3.82. The monoisotopic (exact) mass is 159 g/mol. The van der Waals surface area contributed by atoms with Crippen LogP contribution < -0.4 is 5.32 Å². The second-order valence-corrected chi connectivity index (χ2v) is 2.93. The van der Waals surface area contributed by atoms with Crippen molar-refractivity contribution in [2.24, 2.45) is 5.92 Å². The quantitative estimate of drug-likeness (QED) is 0.558. The van der Waals surface area contributed by atoms with Crippen molar-refractivity contribution in [3.63, 3.8) is 0 Å². The minimum absolute atomic E-state index is 0.0116. The number of hydrogen-bond donors (Lipinski definition) is 3. The van der Waals surface area contributed by atoms with Crippen molar-refractivity contribution in [3.8, 4) is 0 Å². The van der Waals surface area contributed by atoms with E-state index < -0.39 is 6.09 Å². The summed E-state index contributed by atoms with van der Waals surface area (Å²) in [6.45, 7) is 1.89. The van der Waals surface area contributed by atoms with Crippen LogP contribution in [0.2, 0.25) is 0 Å². The lowest BCUT2D eigenvalue weighted by Gasteiger charge is -2.05. The lowest BCUT2D eigenvalue weighted by molar-refractivity contribution is 0.141. The van der Waals surface area contributed by atoms with Gasteiger partial charge in [-0.1, -0.05) is 6.92 Å². The average molecular weight is 159 g/mol. The molecule has 11 heavy (non-hydrogen) atoms. The number of carbonyl (C=O) groups is 1. The van der Waals surface area contributed by atoms with Crippen molar-refractivity contribution in [3.05, 3.63) is 0 Å². The zero-order valence-corrected chi connectivity index (χ0v) is 6.45. The molecule has 1 fully saturated rings. The van der Waals surface area contributed by atoms with Gasteiger partial charge in [0, 0.05) is 12.0 Å². The van der Waals surface area contributed by atoms with E-state index in [4.69, 9.17) is 5.11 Å². The summed E-state index contributed by atoms with van der Waals surface area (Å²) in [6, 6.07) is -0.0116. The zero-order chi connectivity index (χ0) is 8.43. The molecule has 0 radical (unpaired) electrons. The number of hydrogen-bond acceptors (Lipinski definition) is 2. The topological polar surface area (TPSA) is 69.6 Å².